The molecule has 1 saturated heterocycles. The summed E-state index contributed by atoms with van der Waals surface area (Å²) in [6.07, 6.45) is 1.41. The minimum atomic E-state index is -3.78. The quantitative estimate of drug-likeness (QED) is 0.191. The summed E-state index contributed by atoms with van der Waals surface area (Å²) in [4.78, 5) is 12.6. The topological polar surface area (TPSA) is 71.1 Å². The van der Waals surface area contributed by atoms with Crippen molar-refractivity contribution in [2.24, 2.45) is 0 Å². The van der Waals surface area contributed by atoms with Crippen molar-refractivity contribution in [3.8, 4) is 0 Å². The summed E-state index contributed by atoms with van der Waals surface area (Å²) in [6, 6.07) is 19.4. The van der Waals surface area contributed by atoms with Crippen LogP contribution in [0.3, 0.4) is 0 Å². The van der Waals surface area contributed by atoms with Gasteiger partial charge in [0.25, 0.3) is 0 Å². The monoisotopic (exact) mass is 486 g/mol. The molecule has 1 aliphatic heterocycles. The minimum absolute atomic E-state index is 0.0273. The average molecular weight is 487 g/mol. The van der Waals surface area contributed by atoms with Crippen LogP contribution in [0.4, 0.5) is 0 Å². The Hall–Kier alpha value is -2.24. The first-order valence-corrected chi connectivity index (χ1v) is 13.4. The smallest absolute Gasteiger partial charge is 0.375 e. The van der Waals surface area contributed by atoms with Crippen molar-refractivity contribution in [2.45, 2.75) is 65.0 Å². The van der Waals surface area contributed by atoms with E-state index in [9.17, 15) is 9.36 Å². The van der Waals surface area contributed by atoms with E-state index in [-0.39, 0.29) is 31.2 Å². The summed E-state index contributed by atoms with van der Waals surface area (Å²) in [5.74, 6) is -0.621. The summed E-state index contributed by atoms with van der Waals surface area (Å²) in [6.45, 7) is 7.46. The molecular formula is C27H35O6P. The second-order valence-electron chi connectivity index (χ2n) is 8.89. The number of hydrogen-bond acceptors (Lipinski definition) is 6. The van der Waals surface area contributed by atoms with Gasteiger partial charge in [-0.15, -0.1) is 0 Å². The van der Waals surface area contributed by atoms with Crippen molar-refractivity contribution in [3.05, 3.63) is 83.1 Å². The second-order valence-corrected chi connectivity index (χ2v) is 10.9. The highest BCUT2D eigenvalue weighted by atomic mass is 31.2. The molecule has 2 aromatic rings. The molecular weight excluding hydrogens is 451 g/mol. The second kappa shape index (κ2) is 12.5. The average Bonchev–Trinajstić information content (AvgIpc) is 3.22. The lowest BCUT2D eigenvalue weighted by molar-refractivity contribution is -0.116. The molecule has 1 atom stereocenters. The van der Waals surface area contributed by atoms with E-state index < -0.39 is 13.4 Å². The first kappa shape index (κ1) is 26.4. The van der Waals surface area contributed by atoms with Gasteiger partial charge in [-0.2, -0.15) is 0 Å². The highest BCUT2D eigenvalue weighted by Gasteiger charge is 2.42. The first-order valence-electron chi connectivity index (χ1n) is 11.8. The zero-order chi connectivity index (χ0) is 24.6. The van der Waals surface area contributed by atoms with Crippen LogP contribution in [0.1, 0.15) is 57.5 Å². The standard InChI is InChI=1S/C27H35O6P/c1-20(2)32-34(29,33-21(3)4)27(23-15-9-6-10-16-23)31-26(24-18-30-19-25(24)28)17-11-14-22-12-7-5-8-13-22/h5-10,12-13,15-16,20-21,27H,11,14,17-19H2,1-4H3/b26-24+. The molecule has 7 heteroatoms. The van der Waals surface area contributed by atoms with Crippen molar-refractivity contribution in [1.29, 1.82) is 0 Å². The largest absolute Gasteiger partial charge is 0.477 e. The Labute approximate surface area is 202 Å². The normalized spacial score (nSPS) is 16.8. The number of carbonyl (C=O) groups is 1. The van der Waals surface area contributed by atoms with Crippen LogP contribution in [-0.4, -0.2) is 31.2 Å². The molecule has 0 aromatic heterocycles. The molecule has 184 valence electrons. The molecule has 3 rings (SSSR count). The van der Waals surface area contributed by atoms with Gasteiger partial charge in [-0.1, -0.05) is 60.7 Å². The van der Waals surface area contributed by atoms with Crippen molar-refractivity contribution in [2.75, 3.05) is 13.2 Å². The van der Waals surface area contributed by atoms with E-state index in [1.807, 2.05) is 76.2 Å². The summed E-state index contributed by atoms with van der Waals surface area (Å²) in [5.41, 5.74) is 2.37. The van der Waals surface area contributed by atoms with Gasteiger partial charge >= 0.3 is 7.60 Å². The van der Waals surface area contributed by atoms with Crippen LogP contribution in [0.2, 0.25) is 0 Å². The minimum Gasteiger partial charge on any atom is -0.477 e. The van der Waals surface area contributed by atoms with E-state index in [2.05, 4.69) is 12.1 Å². The SMILES string of the molecule is CC(C)OP(=O)(OC(C)C)C(O/C(CCCc1ccccc1)=C1\COCC1=O)c1ccccc1. The zero-order valence-electron chi connectivity index (χ0n) is 20.4. The van der Waals surface area contributed by atoms with Gasteiger partial charge in [0.05, 0.1) is 24.4 Å². The zero-order valence-corrected chi connectivity index (χ0v) is 21.3. The molecule has 1 aliphatic rings. The predicted octanol–water partition coefficient (Wildman–Crippen LogP) is 6.62. The van der Waals surface area contributed by atoms with E-state index in [1.54, 1.807) is 0 Å². The van der Waals surface area contributed by atoms with Crippen LogP contribution in [0.15, 0.2) is 72.0 Å². The highest BCUT2D eigenvalue weighted by Crippen LogP contribution is 2.63. The molecule has 1 unspecified atom stereocenters. The molecule has 2 aromatic carbocycles. The van der Waals surface area contributed by atoms with Crippen molar-refractivity contribution >= 4 is 13.4 Å². The Morgan fingerprint density at radius 2 is 1.50 bits per heavy atom. The number of carbonyl (C=O) groups excluding carboxylic acids is 1. The van der Waals surface area contributed by atoms with Gasteiger partial charge < -0.3 is 18.5 Å². The summed E-state index contributed by atoms with van der Waals surface area (Å²) in [5, 5.41) is 0. The van der Waals surface area contributed by atoms with Gasteiger partial charge in [0, 0.05) is 12.0 Å². The molecule has 0 amide bonds. The van der Waals surface area contributed by atoms with E-state index in [0.717, 1.165) is 12.8 Å². The van der Waals surface area contributed by atoms with Crippen LogP contribution in [0, 0.1) is 0 Å². The molecule has 1 heterocycles. The third kappa shape index (κ3) is 7.38. The fourth-order valence-corrected chi connectivity index (χ4v) is 6.06. The summed E-state index contributed by atoms with van der Waals surface area (Å²) >= 11 is 0. The lowest BCUT2D eigenvalue weighted by atomic mass is 10.0. The molecule has 6 nitrogen and oxygen atoms in total. The van der Waals surface area contributed by atoms with E-state index in [0.29, 0.717) is 23.3 Å². The molecule has 0 saturated carbocycles. The maximum absolute atomic E-state index is 14.2. The molecule has 34 heavy (non-hydrogen) atoms. The van der Waals surface area contributed by atoms with Crippen LogP contribution < -0.4 is 0 Å². The molecule has 0 aliphatic carbocycles. The van der Waals surface area contributed by atoms with Gasteiger partial charge in [0.2, 0.25) is 5.85 Å². The number of ketones is 1. The predicted molar refractivity (Wildman–Crippen MR) is 133 cm³/mol. The number of Topliss-reactive ketones (excluding diaryl/α,β-unsaturated/α-hetero) is 1. The summed E-state index contributed by atoms with van der Waals surface area (Å²) in [7, 11) is -3.78. The molecule has 0 spiro atoms. The fraction of sp³-hybridized carbons (Fsp3) is 0.444. The summed E-state index contributed by atoms with van der Waals surface area (Å²) < 4.78 is 37.8. The lowest BCUT2D eigenvalue weighted by Gasteiger charge is -2.31. The Morgan fingerprint density at radius 1 is 0.912 bits per heavy atom. The van der Waals surface area contributed by atoms with Crippen molar-refractivity contribution < 1.29 is 27.9 Å². The van der Waals surface area contributed by atoms with E-state index >= 15 is 0 Å². The number of hydrogen-bond donors (Lipinski definition) is 0. The maximum atomic E-state index is 14.2. The number of benzene rings is 2. The molecule has 0 radical (unpaired) electrons. The highest BCUT2D eigenvalue weighted by molar-refractivity contribution is 7.54. The van der Waals surface area contributed by atoms with Gasteiger partial charge in [0.1, 0.15) is 12.4 Å². The van der Waals surface area contributed by atoms with Crippen LogP contribution >= 0.6 is 7.60 Å². The van der Waals surface area contributed by atoms with Gasteiger partial charge in [0.15, 0.2) is 5.78 Å². The molecule has 0 bridgehead atoms. The number of allylic oxidation sites excluding steroid dienone is 1. The van der Waals surface area contributed by atoms with Crippen LogP contribution in [0.25, 0.3) is 0 Å². The lowest BCUT2D eigenvalue weighted by Crippen LogP contribution is -2.17. The van der Waals surface area contributed by atoms with E-state index in [1.165, 1.54) is 5.56 Å². The molecule has 0 N–H and O–H groups in total. The Bertz CT molecular complexity index is 986. The third-order valence-corrected chi connectivity index (χ3v) is 7.62. The van der Waals surface area contributed by atoms with E-state index in [4.69, 9.17) is 18.5 Å². The van der Waals surface area contributed by atoms with Gasteiger partial charge in [-0.25, -0.2) is 0 Å². The molecule has 1 fully saturated rings. The Balaban J connectivity index is 1.95. The first-order chi connectivity index (χ1) is 16.3. The maximum Gasteiger partial charge on any atom is 0.375 e. The van der Waals surface area contributed by atoms with Gasteiger partial charge in [-0.05, 0) is 46.1 Å². The third-order valence-electron chi connectivity index (χ3n) is 5.21. The van der Waals surface area contributed by atoms with Crippen molar-refractivity contribution in [1.82, 2.24) is 0 Å². The Kier molecular flexibility index (Phi) is 9.66. The number of ether oxygens (including phenoxy) is 2. The number of rotatable bonds is 12. The van der Waals surface area contributed by atoms with Crippen LogP contribution in [-0.2, 0) is 34.3 Å². The van der Waals surface area contributed by atoms with Gasteiger partial charge in [-0.3, -0.25) is 9.36 Å². The number of aryl methyl sites for hydroxylation is 1. The van der Waals surface area contributed by atoms with Crippen LogP contribution in [0.5, 0.6) is 0 Å². The Morgan fingerprint density at radius 3 is 2.03 bits per heavy atom. The van der Waals surface area contributed by atoms with Crippen molar-refractivity contribution in [3.63, 3.8) is 0 Å². The fourth-order valence-electron chi connectivity index (χ4n) is 3.82.